The topological polar surface area (TPSA) is 76.5 Å². The van der Waals surface area contributed by atoms with Gasteiger partial charge in [0.15, 0.2) is 0 Å². The van der Waals surface area contributed by atoms with E-state index in [0.717, 1.165) is 5.76 Å². The van der Waals surface area contributed by atoms with Crippen molar-refractivity contribution in [2.45, 2.75) is 24.8 Å². The summed E-state index contributed by atoms with van der Waals surface area (Å²) in [4.78, 5) is 10.7. The van der Waals surface area contributed by atoms with E-state index in [0.29, 0.717) is 12.2 Å². The summed E-state index contributed by atoms with van der Waals surface area (Å²) >= 11 is 0. The summed E-state index contributed by atoms with van der Waals surface area (Å²) < 4.78 is 5.31. The zero-order chi connectivity index (χ0) is 9.64. The highest BCUT2D eigenvalue weighted by atomic mass is 16.4. The molecule has 2 atom stereocenters. The summed E-state index contributed by atoms with van der Waals surface area (Å²) in [6.45, 7) is 1.82. The maximum Gasteiger partial charge on any atom is 0.324 e. The van der Waals surface area contributed by atoms with E-state index in [4.69, 9.17) is 15.3 Å². The Morgan fingerprint density at radius 2 is 2.46 bits per heavy atom. The third-order valence-corrected chi connectivity index (χ3v) is 2.51. The average Bonchev–Trinajstić information content (AvgIpc) is 2.55. The van der Waals surface area contributed by atoms with Crippen molar-refractivity contribution < 1.29 is 14.3 Å². The molecular weight excluding hydrogens is 170 g/mol. The molecule has 0 bridgehead atoms. The standard InChI is InChI=1S/C9H11NO3/c1-5-2-3-7(13-5)6-4-9(6,10)8(11)12/h2-3,6H,4,10H2,1H3,(H,11,12). The van der Waals surface area contributed by atoms with Gasteiger partial charge in [-0.15, -0.1) is 0 Å². The molecule has 1 fully saturated rings. The number of carboxylic acids is 1. The van der Waals surface area contributed by atoms with Crippen molar-refractivity contribution in [1.29, 1.82) is 0 Å². The van der Waals surface area contributed by atoms with Gasteiger partial charge in [-0.1, -0.05) is 0 Å². The summed E-state index contributed by atoms with van der Waals surface area (Å²) in [5, 5.41) is 8.78. The number of hydrogen-bond donors (Lipinski definition) is 2. The second-order valence-electron chi connectivity index (χ2n) is 3.55. The van der Waals surface area contributed by atoms with Gasteiger partial charge in [0, 0.05) is 5.92 Å². The predicted octanol–water partition coefficient (Wildman–Crippen LogP) is 0.857. The molecule has 13 heavy (non-hydrogen) atoms. The molecule has 1 aliphatic rings. The van der Waals surface area contributed by atoms with Crippen LogP contribution in [0.2, 0.25) is 0 Å². The van der Waals surface area contributed by atoms with Gasteiger partial charge in [0.25, 0.3) is 0 Å². The third kappa shape index (κ3) is 1.14. The largest absolute Gasteiger partial charge is 0.480 e. The lowest BCUT2D eigenvalue weighted by molar-refractivity contribution is -0.139. The number of furan rings is 1. The van der Waals surface area contributed by atoms with E-state index in [1.807, 2.05) is 13.0 Å². The van der Waals surface area contributed by atoms with Crippen LogP contribution in [-0.2, 0) is 4.79 Å². The maximum absolute atomic E-state index is 10.7. The molecule has 0 aliphatic heterocycles. The number of nitrogens with two attached hydrogens (primary N) is 1. The van der Waals surface area contributed by atoms with Gasteiger partial charge in [-0.3, -0.25) is 4.79 Å². The van der Waals surface area contributed by atoms with Gasteiger partial charge in [0.2, 0.25) is 0 Å². The van der Waals surface area contributed by atoms with E-state index in [1.54, 1.807) is 6.07 Å². The Morgan fingerprint density at radius 1 is 1.77 bits per heavy atom. The highest BCUT2D eigenvalue weighted by Gasteiger charge is 2.59. The molecule has 0 aromatic carbocycles. The van der Waals surface area contributed by atoms with E-state index in [9.17, 15) is 4.79 Å². The van der Waals surface area contributed by atoms with E-state index >= 15 is 0 Å². The van der Waals surface area contributed by atoms with Crippen molar-refractivity contribution in [3.63, 3.8) is 0 Å². The summed E-state index contributed by atoms with van der Waals surface area (Å²) in [6.07, 6.45) is 0.468. The Labute approximate surface area is 75.3 Å². The van der Waals surface area contributed by atoms with Crippen molar-refractivity contribution in [3.05, 3.63) is 23.7 Å². The first-order valence-corrected chi connectivity index (χ1v) is 4.12. The molecule has 0 saturated heterocycles. The molecule has 0 amide bonds. The summed E-state index contributed by atoms with van der Waals surface area (Å²) in [6, 6.07) is 3.60. The van der Waals surface area contributed by atoms with E-state index in [1.165, 1.54) is 0 Å². The fourth-order valence-corrected chi connectivity index (χ4v) is 1.51. The smallest absolute Gasteiger partial charge is 0.324 e. The monoisotopic (exact) mass is 181 g/mol. The zero-order valence-electron chi connectivity index (χ0n) is 7.28. The van der Waals surface area contributed by atoms with Crippen LogP contribution in [0.1, 0.15) is 23.9 Å². The van der Waals surface area contributed by atoms with Gasteiger partial charge < -0.3 is 15.3 Å². The summed E-state index contributed by atoms with van der Waals surface area (Å²) in [7, 11) is 0. The van der Waals surface area contributed by atoms with Crippen LogP contribution in [0.15, 0.2) is 16.5 Å². The molecule has 4 nitrogen and oxygen atoms in total. The first kappa shape index (κ1) is 8.31. The van der Waals surface area contributed by atoms with Gasteiger partial charge in [0.05, 0.1) is 0 Å². The lowest BCUT2D eigenvalue weighted by Gasteiger charge is -2.01. The van der Waals surface area contributed by atoms with Gasteiger partial charge in [-0.2, -0.15) is 0 Å². The van der Waals surface area contributed by atoms with Crippen LogP contribution in [-0.4, -0.2) is 16.6 Å². The normalized spacial score (nSPS) is 31.7. The molecule has 4 heteroatoms. The second-order valence-corrected chi connectivity index (χ2v) is 3.55. The minimum absolute atomic E-state index is 0.154. The van der Waals surface area contributed by atoms with Crippen LogP contribution in [0.5, 0.6) is 0 Å². The Hall–Kier alpha value is -1.29. The molecule has 1 aliphatic carbocycles. The summed E-state index contributed by atoms with van der Waals surface area (Å²) in [5.41, 5.74) is 4.52. The minimum Gasteiger partial charge on any atom is -0.480 e. The number of carbonyl (C=O) groups is 1. The van der Waals surface area contributed by atoms with E-state index in [2.05, 4.69) is 0 Å². The SMILES string of the molecule is Cc1ccc(C2CC2(N)C(=O)O)o1. The molecule has 1 heterocycles. The van der Waals surface area contributed by atoms with Crippen molar-refractivity contribution in [2.75, 3.05) is 0 Å². The molecule has 70 valence electrons. The Bertz CT molecular complexity index is 357. The first-order valence-electron chi connectivity index (χ1n) is 4.12. The van der Waals surface area contributed by atoms with E-state index < -0.39 is 11.5 Å². The highest BCUT2D eigenvalue weighted by molar-refractivity contribution is 5.84. The van der Waals surface area contributed by atoms with E-state index in [-0.39, 0.29) is 5.92 Å². The maximum atomic E-state index is 10.7. The number of rotatable bonds is 2. The lowest BCUT2D eigenvalue weighted by atomic mass is 10.2. The van der Waals surface area contributed by atoms with Crippen molar-refractivity contribution >= 4 is 5.97 Å². The molecule has 0 radical (unpaired) electrons. The third-order valence-electron chi connectivity index (χ3n) is 2.51. The fraction of sp³-hybridized carbons (Fsp3) is 0.444. The molecule has 0 spiro atoms. The van der Waals surface area contributed by atoms with Gasteiger partial charge in [-0.25, -0.2) is 0 Å². The molecule has 1 aromatic heterocycles. The fourth-order valence-electron chi connectivity index (χ4n) is 1.51. The van der Waals surface area contributed by atoms with Gasteiger partial charge in [0.1, 0.15) is 17.1 Å². The van der Waals surface area contributed by atoms with Gasteiger partial charge >= 0.3 is 5.97 Å². The zero-order valence-corrected chi connectivity index (χ0v) is 7.28. The van der Waals surface area contributed by atoms with Crippen molar-refractivity contribution in [1.82, 2.24) is 0 Å². The molecule has 2 unspecified atom stereocenters. The van der Waals surface area contributed by atoms with Crippen molar-refractivity contribution in [3.8, 4) is 0 Å². The first-order chi connectivity index (χ1) is 6.04. The predicted molar refractivity (Wildman–Crippen MR) is 45.4 cm³/mol. The Balaban J connectivity index is 2.20. The number of aliphatic carboxylic acids is 1. The van der Waals surface area contributed by atoms with Crippen LogP contribution < -0.4 is 5.73 Å². The average molecular weight is 181 g/mol. The number of hydrogen-bond acceptors (Lipinski definition) is 3. The molecule has 1 aromatic rings. The molecule has 2 rings (SSSR count). The van der Waals surface area contributed by atoms with Crippen molar-refractivity contribution in [2.24, 2.45) is 5.73 Å². The minimum atomic E-state index is -1.09. The number of aryl methyl sites for hydroxylation is 1. The quantitative estimate of drug-likeness (QED) is 0.709. The number of carboxylic acid groups (broad SMARTS) is 1. The molecular formula is C9H11NO3. The van der Waals surface area contributed by atoms with Crippen LogP contribution >= 0.6 is 0 Å². The Kier molecular flexibility index (Phi) is 1.51. The Morgan fingerprint density at radius 3 is 2.85 bits per heavy atom. The molecule has 3 N–H and O–H groups in total. The highest BCUT2D eigenvalue weighted by Crippen LogP contribution is 2.49. The van der Waals surface area contributed by atoms with Crippen LogP contribution in [0, 0.1) is 6.92 Å². The van der Waals surface area contributed by atoms with Crippen LogP contribution in [0.25, 0.3) is 0 Å². The van der Waals surface area contributed by atoms with Crippen LogP contribution in [0.3, 0.4) is 0 Å². The van der Waals surface area contributed by atoms with Gasteiger partial charge in [-0.05, 0) is 25.5 Å². The van der Waals surface area contributed by atoms with Crippen LogP contribution in [0.4, 0.5) is 0 Å². The lowest BCUT2D eigenvalue weighted by Crippen LogP contribution is -2.34. The second kappa shape index (κ2) is 2.35. The summed E-state index contributed by atoms with van der Waals surface area (Å²) in [5.74, 6) is 0.363. The molecule has 1 saturated carbocycles.